The number of rotatable bonds is 6. The van der Waals surface area contributed by atoms with Gasteiger partial charge in [0.15, 0.2) is 5.69 Å². The monoisotopic (exact) mass is 216 g/mol. The van der Waals surface area contributed by atoms with Crippen LogP contribution < -0.4 is 4.74 Å². The molecule has 0 saturated carbocycles. The van der Waals surface area contributed by atoms with Crippen LogP contribution in [0.3, 0.4) is 0 Å². The standard InChI is InChI=1S/C11H12N4O/c1-13-10-4-6-11(7-5-10)16-9-3-2-8-14-15-12/h4-7H,2-3,8-9H2. The minimum absolute atomic E-state index is 0.510. The van der Waals surface area contributed by atoms with Gasteiger partial charge >= 0.3 is 0 Å². The number of azide groups is 1. The van der Waals surface area contributed by atoms with Crippen molar-refractivity contribution in [2.24, 2.45) is 5.11 Å². The first-order chi connectivity index (χ1) is 7.86. The molecule has 0 aliphatic carbocycles. The molecule has 0 spiro atoms. The Morgan fingerprint density at radius 3 is 2.62 bits per heavy atom. The van der Waals surface area contributed by atoms with Crippen LogP contribution in [-0.4, -0.2) is 13.2 Å². The summed E-state index contributed by atoms with van der Waals surface area (Å²) in [7, 11) is 0. The third kappa shape index (κ3) is 4.36. The molecule has 0 aliphatic rings. The summed E-state index contributed by atoms with van der Waals surface area (Å²) in [6, 6.07) is 7.01. The second-order valence-corrected chi connectivity index (χ2v) is 3.12. The van der Waals surface area contributed by atoms with Crippen molar-refractivity contribution in [1.82, 2.24) is 0 Å². The summed E-state index contributed by atoms with van der Waals surface area (Å²) < 4.78 is 5.45. The normalized spacial score (nSPS) is 8.94. The van der Waals surface area contributed by atoms with E-state index in [4.69, 9.17) is 16.8 Å². The molecule has 5 nitrogen and oxygen atoms in total. The summed E-state index contributed by atoms with van der Waals surface area (Å²) in [4.78, 5) is 5.96. The zero-order valence-electron chi connectivity index (χ0n) is 8.83. The number of nitrogens with zero attached hydrogens (tertiary/aromatic N) is 4. The van der Waals surface area contributed by atoms with E-state index in [0.717, 1.165) is 18.6 Å². The van der Waals surface area contributed by atoms with Gasteiger partial charge in [-0.3, -0.25) is 0 Å². The fraction of sp³-hybridized carbons (Fsp3) is 0.364. The average molecular weight is 216 g/mol. The van der Waals surface area contributed by atoms with Crippen molar-refractivity contribution < 1.29 is 4.74 Å². The van der Waals surface area contributed by atoms with Crippen LogP contribution in [0.2, 0.25) is 0 Å². The molecule has 0 radical (unpaired) electrons. The molecule has 0 atom stereocenters. The van der Waals surface area contributed by atoms with Gasteiger partial charge in [-0.2, -0.15) is 0 Å². The lowest BCUT2D eigenvalue weighted by Gasteiger charge is -2.04. The van der Waals surface area contributed by atoms with Crippen molar-refractivity contribution in [3.63, 3.8) is 0 Å². The van der Waals surface area contributed by atoms with Crippen LogP contribution in [0.5, 0.6) is 5.75 Å². The molecule has 0 bridgehead atoms. The van der Waals surface area contributed by atoms with Crippen molar-refractivity contribution in [1.29, 1.82) is 0 Å². The topological polar surface area (TPSA) is 62.3 Å². The Morgan fingerprint density at radius 1 is 1.25 bits per heavy atom. The van der Waals surface area contributed by atoms with Crippen LogP contribution in [-0.2, 0) is 0 Å². The maximum atomic E-state index is 8.05. The Labute approximate surface area is 94.1 Å². The van der Waals surface area contributed by atoms with Crippen molar-refractivity contribution in [3.05, 3.63) is 46.1 Å². The van der Waals surface area contributed by atoms with Gasteiger partial charge in [-0.05, 0) is 30.5 Å². The molecular weight excluding hydrogens is 204 g/mol. The molecule has 0 fully saturated rings. The van der Waals surface area contributed by atoms with E-state index in [1.54, 1.807) is 24.3 Å². The van der Waals surface area contributed by atoms with Crippen molar-refractivity contribution in [2.45, 2.75) is 12.8 Å². The second kappa shape index (κ2) is 7.16. The van der Waals surface area contributed by atoms with Crippen molar-refractivity contribution in [3.8, 4) is 5.75 Å². The quantitative estimate of drug-likeness (QED) is 0.235. The molecule has 0 saturated heterocycles. The molecule has 5 heteroatoms. The molecule has 0 N–H and O–H groups in total. The lowest BCUT2D eigenvalue weighted by atomic mass is 10.3. The Hall–Kier alpha value is -2.18. The Morgan fingerprint density at radius 2 is 2.00 bits per heavy atom. The van der Waals surface area contributed by atoms with Gasteiger partial charge in [0, 0.05) is 11.5 Å². The van der Waals surface area contributed by atoms with Crippen LogP contribution in [0.4, 0.5) is 5.69 Å². The molecule has 82 valence electrons. The summed E-state index contributed by atoms with van der Waals surface area (Å²) in [6.07, 6.45) is 1.67. The number of hydrogen-bond acceptors (Lipinski definition) is 2. The van der Waals surface area contributed by atoms with Gasteiger partial charge in [0.25, 0.3) is 0 Å². The highest BCUT2D eigenvalue weighted by atomic mass is 16.5. The summed E-state index contributed by atoms with van der Waals surface area (Å²) in [6.45, 7) is 7.90. The molecule has 0 aromatic heterocycles. The van der Waals surface area contributed by atoms with E-state index in [1.165, 1.54) is 0 Å². The number of benzene rings is 1. The minimum atomic E-state index is 0.510. The maximum Gasteiger partial charge on any atom is 0.187 e. The third-order valence-electron chi connectivity index (χ3n) is 1.95. The van der Waals surface area contributed by atoms with Gasteiger partial charge in [0.1, 0.15) is 5.75 Å². The molecule has 0 heterocycles. The predicted molar refractivity (Wildman–Crippen MR) is 61.4 cm³/mol. The lowest BCUT2D eigenvalue weighted by molar-refractivity contribution is 0.308. The van der Waals surface area contributed by atoms with Gasteiger partial charge in [-0.15, -0.1) is 0 Å². The Bertz CT molecular complexity index is 401. The molecule has 16 heavy (non-hydrogen) atoms. The van der Waals surface area contributed by atoms with Crippen LogP contribution >= 0.6 is 0 Å². The predicted octanol–water partition coefficient (Wildman–Crippen LogP) is 3.71. The van der Waals surface area contributed by atoms with Crippen molar-refractivity contribution >= 4 is 5.69 Å². The molecule has 0 unspecified atom stereocenters. The van der Waals surface area contributed by atoms with Crippen molar-refractivity contribution in [2.75, 3.05) is 13.2 Å². The zero-order valence-corrected chi connectivity index (χ0v) is 8.83. The van der Waals surface area contributed by atoms with Gasteiger partial charge < -0.3 is 4.74 Å². The van der Waals surface area contributed by atoms with Gasteiger partial charge in [-0.1, -0.05) is 17.2 Å². The first-order valence-corrected chi connectivity index (χ1v) is 4.98. The highest BCUT2D eigenvalue weighted by Crippen LogP contribution is 2.17. The van der Waals surface area contributed by atoms with Crippen LogP contribution in [0.1, 0.15) is 12.8 Å². The summed E-state index contributed by atoms with van der Waals surface area (Å²) in [5.74, 6) is 0.760. The second-order valence-electron chi connectivity index (χ2n) is 3.12. The first-order valence-electron chi connectivity index (χ1n) is 4.98. The van der Waals surface area contributed by atoms with Crippen LogP contribution in [0.25, 0.3) is 15.3 Å². The molecular formula is C11H12N4O. The highest BCUT2D eigenvalue weighted by molar-refractivity contribution is 5.46. The minimum Gasteiger partial charge on any atom is -0.494 e. The summed E-state index contributed by atoms with van der Waals surface area (Å²) in [5.41, 5.74) is 8.66. The molecule has 1 aromatic carbocycles. The zero-order chi connectivity index (χ0) is 11.6. The van der Waals surface area contributed by atoms with Gasteiger partial charge in [-0.25, -0.2) is 4.85 Å². The number of ether oxygens (including phenoxy) is 1. The summed E-state index contributed by atoms with van der Waals surface area (Å²) >= 11 is 0. The SMILES string of the molecule is [C-]#[N+]c1ccc(OCCCCN=[N+]=[N-])cc1. The van der Waals surface area contributed by atoms with Gasteiger partial charge in [0.05, 0.1) is 13.2 Å². The van der Waals surface area contributed by atoms with E-state index in [-0.39, 0.29) is 0 Å². The van der Waals surface area contributed by atoms with E-state index in [9.17, 15) is 0 Å². The number of hydrogen-bond donors (Lipinski definition) is 0. The summed E-state index contributed by atoms with van der Waals surface area (Å²) in [5, 5.41) is 3.43. The highest BCUT2D eigenvalue weighted by Gasteiger charge is 1.94. The number of unbranched alkanes of at least 4 members (excludes halogenated alkanes) is 1. The largest absolute Gasteiger partial charge is 0.494 e. The van der Waals surface area contributed by atoms with E-state index in [0.29, 0.717) is 18.8 Å². The van der Waals surface area contributed by atoms with Gasteiger partial charge in [0.2, 0.25) is 0 Å². The fourth-order valence-corrected chi connectivity index (χ4v) is 1.14. The van der Waals surface area contributed by atoms with Crippen LogP contribution in [0.15, 0.2) is 29.4 Å². The Kier molecular flexibility index (Phi) is 5.32. The first kappa shape index (κ1) is 11.9. The lowest BCUT2D eigenvalue weighted by Crippen LogP contribution is -1.97. The molecule has 0 amide bonds. The average Bonchev–Trinajstić information content (AvgIpc) is 2.34. The molecule has 0 aliphatic heterocycles. The molecule has 1 rings (SSSR count). The fourth-order valence-electron chi connectivity index (χ4n) is 1.14. The smallest absolute Gasteiger partial charge is 0.187 e. The van der Waals surface area contributed by atoms with E-state index < -0.39 is 0 Å². The third-order valence-corrected chi connectivity index (χ3v) is 1.95. The molecule has 1 aromatic rings. The Balaban J connectivity index is 2.22. The van der Waals surface area contributed by atoms with E-state index in [1.807, 2.05) is 0 Å². The maximum absolute atomic E-state index is 8.05. The van der Waals surface area contributed by atoms with E-state index >= 15 is 0 Å². The van der Waals surface area contributed by atoms with Crippen LogP contribution in [0, 0.1) is 6.57 Å². The van der Waals surface area contributed by atoms with E-state index in [2.05, 4.69) is 14.9 Å².